The number of amides is 1. The summed E-state index contributed by atoms with van der Waals surface area (Å²) in [6, 6.07) is 2.91. The lowest BCUT2D eigenvalue weighted by molar-refractivity contribution is -0.137. The third-order valence-corrected chi connectivity index (χ3v) is 4.30. The van der Waals surface area contributed by atoms with Crippen molar-refractivity contribution in [1.29, 1.82) is 0 Å². The molecule has 0 fully saturated rings. The number of aliphatic hydroxyl groups is 1. The van der Waals surface area contributed by atoms with Crippen molar-refractivity contribution in [2.24, 2.45) is 11.1 Å². The van der Waals surface area contributed by atoms with Crippen LogP contribution in [0.25, 0.3) is 0 Å². The average molecular weight is 322 g/mol. The van der Waals surface area contributed by atoms with Gasteiger partial charge in [0.05, 0.1) is 26.8 Å². The van der Waals surface area contributed by atoms with E-state index in [0.717, 1.165) is 5.56 Å². The highest BCUT2D eigenvalue weighted by Gasteiger charge is 2.36. The van der Waals surface area contributed by atoms with Crippen LogP contribution in [0.1, 0.15) is 38.0 Å². The Balaban J connectivity index is 2.39. The van der Waals surface area contributed by atoms with Crippen LogP contribution in [-0.4, -0.2) is 42.7 Å². The zero-order chi connectivity index (χ0) is 17.4. The van der Waals surface area contributed by atoms with Crippen LogP contribution in [0.5, 0.6) is 11.5 Å². The quantitative estimate of drug-likeness (QED) is 0.880. The van der Waals surface area contributed by atoms with Gasteiger partial charge in [0.25, 0.3) is 0 Å². The number of β-amino-alcohol motifs (C(OH)–C–C–N with tert-alkyl or cyclic N) is 1. The van der Waals surface area contributed by atoms with E-state index in [4.69, 9.17) is 15.2 Å². The number of methoxy groups -OCH3 is 2. The largest absolute Gasteiger partial charge is 0.496 e. The molecule has 6 heteroatoms. The van der Waals surface area contributed by atoms with Crippen molar-refractivity contribution < 1.29 is 19.4 Å². The molecule has 2 atom stereocenters. The van der Waals surface area contributed by atoms with Crippen LogP contribution < -0.4 is 15.2 Å². The molecule has 1 amide bonds. The number of carbonyl (C=O) groups is 1. The lowest BCUT2D eigenvalue weighted by atomic mass is 9.85. The van der Waals surface area contributed by atoms with Gasteiger partial charge < -0.3 is 25.2 Å². The molecule has 1 unspecified atom stereocenters. The lowest BCUT2D eigenvalue weighted by Gasteiger charge is -2.37. The van der Waals surface area contributed by atoms with Gasteiger partial charge in [-0.05, 0) is 17.5 Å². The summed E-state index contributed by atoms with van der Waals surface area (Å²) in [4.78, 5) is 14.3. The van der Waals surface area contributed by atoms with Crippen LogP contribution in [0.4, 0.5) is 0 Å². The highest BCUT2D eigenvalue weighted by molar-refractivity contribution is 5.83. The summed E-state index contributed by atoms with van der Waals surface area (Å²) in [7, 11) is 3.12. The topological polar surface area (TPSA) is 85.0 Å². The Kier molecular flexibility index (Phi) is 4.87. The Morgan fingerprint density at radius 3 is 2.39 bits per heavy atom. The third-order valence-electron chi connectivity index (χ3n) is 4.30. The Bertz CT molecular complexity index is 595. The third kappa shape index (κ3) is 3.28. The van der Waals surface area contributed by atoms with Crippen molar-refractivity contribution in [2.75, 3.05) is 20.8 Å². The first-order valence-electron chi connectivity index (χ1n) is 7.66. The number of benzene rings is 1. The fraction of sp³-hybridized carbons (Fsp3) is 0.588. The zero-order valence-electron chi connectivity index (χ0n) is 14.4. The van der Waals surface area contributed by atoms with Gasteiger partial charge in [-0.25, -0.2) is 0 Å². The van der Waals surface area contributed by atoms with E-state index in [9.17, 15) is 9.90 Å². The number of hydrogen-bond donors (Lipinski definition) is 2. The van der Waals surface area contributed by atoms with E-state index in [0.29, 0.717) is 23.6 Å². The summed E-state index contributed by atoms with van der Waals surface area (Å²) in [6.07, 6.45) is -0.833. The van der Waals surface area contributed by atoms with Crippen LogP contribution in [-0.2, 0) is 11.3 Å². The first kappa shape index (κ1) is 17.6. The Hall–Kier alpha value is -1.79. The highest BCUT2D eigenvalue weighted by atomic mass is 16.5. The van der Waals surface area contributed by atoms with Crippen LogP contribution in [0, 0.1) is 5.41 Å². The van der Waals surface area contributed by atoms with Crippen molar-refractivity contribution in [3.63, 3.8) is 0 Å². The molecule has 1 aliphatic rings. The van der Waals surface area contributed by atoms with Crippen molar-refractivity contribution >= 4 is 5.91 Å². The Labute approximate surface area is 137 Å². The van der Waals surface area contributed by atoms with Crippen molar-refractivity contribution in [3.05, 3.63) is 23.3 Å². The molecule has 0 spiro atoms. The van der Waals surface area contributed by atoms with E-state index in [1.165, 1.54) is 0 Å². The summed E-state index contributed by atoms with van der Waals surface area (Å²) < 4.78 is 10.7. The number of carbonyl (C=O) groups excluding carboxylic acids is 1. The summed E-state index contributed by atoms with van der Waals surface area (Å²) in [6.45, 7) is 6.31. The van der Waals surface area contributed by atoms with E-state index in [-0.39, 0.29) is 17.9 Å². The van der Waals surface area contributed by atoms with Gasteiger partial charge in [0.1, 0.15) is 17.6 Å². The average Bonchev–Trinajstić information content (AvgIpc) is 2.51. The number of ether oxygens (including phenoxy) is 2. The molecule has 0 radical (unpaired) electrons. The van der Waals surface area contributed by atoms with E-state index < -0.39 is 12.1 Å². The van der Waals surface area contributed by atoms with E-state index >= 15 is 0 Å². The fourth-order valence-corrected chi connectivity index (χ4v) is 2.81. The second-order valence-electron chi connectivity index (χ2n) is 6.94. The Morgan fingerprint density at radius 1 is 1.30 bits per heavy atom. The number of nitrogens with two attached hydrogens (primary N) is 1. The lowest BCUT2D eigenvalue weighted by Crippen LogP contribution is -2.52. The predicted octanol–water partition coefficient (Wildman–Crippen LogP) is 1.45. The minimum atomic E-state index is -0.833. The second kappa shape index (κ2) is 6.37. The monoisotopic (exact) mass is 322 g/mol. The summed E-state index contributed by atoms with van der Waals surface area (Å²) in [5.41, 5.74) is 7.19. The zero-order valence-corrected chi connectivity index (χ0v) is 14.4. The molecule has 2 rings (SSSR count). The number of fused-ring (bicyclic) bond motifs is 1. The van der Waals surface area contributed by atoms with Gasteiger partial charge in [-0.15, -0.1) is 0 Å². The maximum absolute atomic E-state index is 12.7. The van der Waals surface area contributed by atoms with Crippen LogP contribution in [0.15, 0.2) is 12.1 Å². The van der Waals surface area contributed by atoms with Gasteiger partial charge in [-0.3, -0.25) is 4.79 Å². The maximum Gasteiger partial charge on any atom is 0.240 e. The molecule has 128 valence electrons. The summed E-state index contributed by atoms with van der Waals surface area (Å²) in [5.74, 6) is 1.05. The molecule has 3 N–H and O–H groups in total. The van der Waals surface area contributed by atoms with Gasteiger partial charge in [0.2, 0.25) is 5.91 Å². The van der Waals surface area contributed by atoms with Crippen molar-refractivity contribution in [1.82, 2.24) is 4.90 Å². The number of rotatable bonds is 3. The molecule has 0 aliphatic carbocycles. The standard InChI is InChI=1S/C17H26N2O4/c1-17(2,3)15(18)16(21)19-8-10-12(22-4)6-7-13(23-5)14(10)11(20)9-19/h6-7,11,15,20H,8-9,18H2,1-5H3/t11?,15-/m1/s1. The molecule has 0 saturated carbocycles. The number of hydrogen-bond acceptors (Lipinski definition) is 5. The summed E-state index contributed by atoms with van der Waals surface area (Å²) in [5, 5.41) is 10.5. The van der Waals surface area contributed by atoms with Gasteiger partial charge in [0, 0.05) is 17.7 Å². The highest BCUT2D eigenvalue weighted by Crippen LogP contribution is 2.39. The molecular formula is C17H26N2O4. The van der Waals surface area contributed by atoms with Crippen LogP contribution in [0.2, 0.25) is 0 Å². The Morgan fingerprint density at radius 2 is 1.87 bits per heavy atom. The minimum Gasteiger partial charge on any atom is -0.496 e. The predicted molar refractivity (Wildman–Crippen MR) is 87.4 cm³/mol. The second-order valence-corrected chi connectivity index (χ2v) is 6.94. The molecule has 0 saturated heterocycles. The van der Waals surface area contributed by atoms with Crippen LogP contribution >= 0.6 is 0 Å². The summed E-state index contributed by atoms with van der Waals surface area (Å²) >= 11 is 0. The fourth-order valence-electron chi connectivity index (χ4n) is 2.81. The van der Waals surface area contributed by atoms with E-state index in [1.807, 2.05) is 20.8 Å². The van der Waals surface area contributed by atoms with Crippen molar-refractivity contribution in [3.8, 4) is 11.5 Å². The normalized spacial score (nSPS) is 19.1. The molecule has 0 bridgehead atoms. The van der Waals surface area contributed by atoms with Gasteiger partial charge in [0.15, 0.2) is 0 Å². The molecule has 23 heavy (non-hydrogen) atoms. The smallest absolute Gasteiger partial charge is 0.240 e. The van der Waals surface area contributed by atoms with E-state index in [1.54, 1.807) is 31.3 Å². The maximum atomic E-state index is 12.7. The first-order chi connectivity index (χ1) is 10.7. The van der Waals surface area contributed by atoms with Gasteiger partial charge in [-0.2, -0.15) is 0 Å². The molecule has 1 aromatic carbocycles. The van der Waals surface area contributed by atoms with Gasteiger partial charge in [-0.1, -0.05) is 20.8 Å². The molecule has 6 nitrogen and oxygen atoms in total. The number of nitrogens with zero attached hydrogens (tertiary/aromatic N) is 1. The van der Waals surface area contributed by atoms with Crippen LogP contribution in [0.3, 0.4) is 0 Å². The minimum absolute atomic E-state index is 0.174. The van der Waals surface area contributed by atoms with E-state index in [2.05, 4.69) is 0 Å². The molecular weight excluding hydrogens is 296 g/mol. The molecule has 1 aliphatic heterocycles. The van der Waals surface area contributed by atoms with Crippen molar-refractivity contribution in [2.45, 2.75) is 39.5 Å². The SMILES string of the molecule is COc1ccc(OC)c2c1CN(C(=O)[C@@H](N)C(C)(C)C)CC2O. The molecule has 0 aromatic heterocycles. The molecule has 1 aromatic rings. The number of aliphatic hydroxyl groups excluding tert-OH is 1. The van der Waals surface area contributed by atoms with Gasteiger partial charge >= 0.3 is 0 Å². The molecule has 1 heterocycles. The first-order valence-corrected chi connectivity index (χ1v) is 7.66.